The maximum Gasteiger partial charge on any atom is -0.0184 e. The summed E-state index contributed by atoms with van der Waals surface area (Å²) in [7, 11) is 0. The Hall–Kier alpha value is -1.21. The molecule has 0 spiro atoms. The van der Waals surface area contributed by atoms with Crippen LogP contribution in [0.2, 0.25) is 0 Å². The second-order valence-corrected chi connectivity index (χ2v) is 3.93. The van der Waals surface area contributed by atoms with E-state index in [4.69, 9.17) is 12.6 Å². The van der Waals surface area contributed by atoms with Crippen LogP contribution in [-0.2, 0) is 19.0 Å². The highest BCUT2D eigenvalue weighted by atomic mass is 32.1. The van der Waals surface area contributed by atoms with E-state index in [2.05, 4.69) is 48.5 Å². The largest absolute Gasteiger partial charge is 0.792 e. The van der Waals surface area contributed by atoms with Crippen molar-refractivity contribution in [1.29, 1.82) is 0 Å². The van der Waals surface area contributed by atoms with Crippen molar-refractivity contribution in [1.82, 2.24) is 0 Å². The Morgan fingerprint density at radius 3 is 1.93 bits per heavy atom. The van der Waals surface area contributed by atoms with Crippen molar-refractivity contribution >= 4 is 12.6 Å². The summed E-state index contributed by atoms with van der Waals surface area (Å²) in [4.78, 5) is 0. The van der Waals surface area contributed by atoms with Gasteiger partial charge < -0.3 is 12.6 Å². The summed E-state index contributed by atoms with van der Waals surface area (Å²) < 4.78 is 0. The first-order valence-corrected chi connectivity index (χ1v) is 5.70. The molecule has 0 bridgehead atoms. The van der Waals surface area contributed by atoms with Gasteiger partial charge in [-0.25, -0.2) is 0 Å². The van der Waals surface area contributed by atoms with Crippen molar-refractivity contribution in [2.45, 2.75) is 6.42 Å². The van der Waals surface area contributed by atoms with E-state index < -0.39 is 0 Å². The molecule has 76 valence electrons. The van der Waals surface area contributed by atoms with Crippen LogP contribution >= 0.6 is 0 Å². The highest BCUT2D eigenvalue weighted by Gasteiger charge is 1.95. The van der Waals surface area contributed by atoms with E-state index in [0.717, 1.165) is 12.2 Å². The van der Waals surface area contributed by atoms with Crippen LogP contribution in [0, 0.1) is 0 Å². The fourth-order valence-corrected chi connectivity index (χ4v) is 1.85. The zero-order valence-electron chi connectivity index (χ0n) is 8.52. The average Bonchev–Trinajstić information content (AvgIpc) is 2.32. The quantitative estimate of drug-likeness (QED) is 0.704. The fourth-order valence-electron chi connectivity index (χ4n) is 1.61. The van der Waals surface area contributed by atoms with E-state index in [-0.39, 0.29) is 0 Å². The summed E-state index contributed by atoms with van der Waals surface area (Å²) >= 11 is 4.96. The van der Waals surface area contributed by atoms with Crippen LogP contribution < -0.4 is 0 Å². The predicted octanol–water partition coefficient (Wildman–Crippen LogP) is 3.44. The van der Waals surface area contributed by atoms with E-state index in [1.54, 1.807) is 0 Å². The van der Waals surface area contributed by atoms with E-state index in [0.29, 0.717) is 0 Å². The lowest BCUT2D eigenvalue weighted by molar-refractivity contribution is 1.16. The van der Waals surface area contributed by atoms with Gasteiger partial charge in [0.05, 0.1) is 0 Å². The molecule has 0 N–H and O–H groups in total. The molecule has 0 saturated carbocycles. The molecule has 0 aliphatic rings. The molecule has 0 fully saturated rings. The molecule has 0 atom stereocenters. The maximum atomic E-state index is 4.96. The molecular weight excluding hydrogens is 200 g/mol. The Balaban J connectivity index is 2.24. The summed E-state index contributed by atoms with van der Waals surface area (Å²) in [6, 6.07) is 19.1. The first kappa shape index (κ1) is 10.3. The van der Waals surface area contributed by atoms with E-state index in [1.165, 1.54) is 16.7 Å². The molecule has 0 aliphatic carbocycles. The molecule has 0 amide bonds. The van der Waals surface area contributed by atoms with Gasteiger partial charge in [-0.2, -0.15) is 5.75 Å². The van der Waals surface area contributed by atoms with Crippen molar-refractivity contribution in [2.75, 3.05) is 5.75 Å². The van der Waals surface area contributed by atoms with Crippen LogP contribution in [-0.4, -0.2) is 5.75 Å². The van der Waals surface area contributed by atoms with Gasteiger partial charge in [-0.15, -0.1) is 0 Å². The Morgan fingerprint density at radius 1 is 0.733 bits per heavy atom. The molecule has 2 aromatic carbocycles. The summed E-state index contributed by atoms with van der Waals surface area (Å²) in [5, 5.41) is 0. The minimum atomic E-state index is 0.796. The number of hydrogen-bond donors (Lipinski definition) is 0. The van der Waals surface area contributed by atoms with Crippen molar-refractivity contribution in [3.05, 3.63) is 60.2 Å². The van der Waals surface area contributed by atoms with Crippen LogP contribution in [0.1, 0.15) is 5.56 Å². The molecule has 0 aromatic heterocycles. The topological polar surface area (TPSA) is 0 Å². The molecule has 0 unspecified atom stereocenters. The van der Waals surface area contributed by atoms with Crippen molar-refractivity contribution in [3.63, 3.8) is 0 Å². The molecule has 0 aliphatic heterocycles. The van der Waals surface area contributed by atoms with E-state index in [1.807, 2.05) is 6.07 Å². The number of aryl methyl sites for hydroxylation is 1. The lowest BCUT2D eigenvalue weighted by Gasteiger charge is -2.06. The zero-order valence-corrected chi connectivity index (χ0v) is 9.34. The maximum absolute atomic E-state index is 4.96. The zero-order chi connectivity index (χ0) is 10.5. The first-order chi connectivity index (χ1) is 7.40. The van der Waals surface area contributed by atoms with E-state index in [9.17, 15) is 0 Å². The van der Waals surface area contributed by atoms with Gasteiger partial charge in [0.15, 0.2) is 0 Å². The molecular formula is C14H13S-. The lowest BCUT2D eigenvalue weighted by Crippen LogP contribution is -1.87. The number of rotatable bonds is 3. The minimum absolute atomic E-state index is 0.796. The molecule has 0 saturated heterocycles. The van der Waals surface area contributed by atoms with Crippen molar-refractivity contribution in [3.8, 4) is 11.1 Å². The van der Waals surface area contributed by atoms with Gasteiger partial charge in [-0.05, 0) is 23.1 Å². The third kappa shape index (κ3) is 2.63. The van der Waals surface area contributed by atoms with Crippen LogP contribution in [0.4, 0.5) is 0 Å². The third-order valence-electron chi connectivity index (χ3n) is 2.45. The summed E-state index contributed by atoms with van der Waals surface area (Å²) in [6.45, 7) is 0. The van der Waals surface area contributed by atoms with Gasteiger partial charge in [-0.1, -0.05) is 54.6 Å². The molecule has 2 aromatic rings. The van der Waals surface area contributed by atoms with Crippen LogP contribution in [0.25, 0.3) is 11.1 Å². The fraction of sp³-hybridized carbons (Fsp3) is 0.143. The Kier molecular flexibility index (Phi) is 3.46. The second kappa shape index (κ2) is 5.04. The predicted molar refractivity (Wildman–Crippen MR) is 67.8 cm³/mol. The average molecular weight is 213 g/mol. The molecule has 15 heavy (non-hydrogen) atoms. The SMILES string of the molecule is [S-]CCc1ccc(-c2ccccc2)cc1. The van der Waals surface area contributed by atoms with Gasteiger partial charge >= 0.3 is 0 Å². The van der Waals surface area contributed by atoms with Gasteiger partial charge in [0.2, 0.25) is 0 Å². The minimum Gasteiger partial charge on any atom is -0.792 e. The first-order valence-electron chi connectivity index (χ1n) is 5.12. The van der Waals surface area contributed by atoms with Crippen molar-refractivity contribution in [2.24, 2.45) is 0 Å². The van der Waals surface area contributed by atoms with Crippen LogP contribution in [0.15, 0.2) is 54.6 Å². The molecule has 0 radical (unpaired) electrons. The Morgan fingerprint density at radius 2 is 1.33 bits per heavy atom. The molecule has 2 rings (SSSR count). The summed E-state index contributed by atoms with van der Waals surface area (Å²) in [6.07, 6.45) is 0.990. The van der Waals surface area contributed by atoms with Gasteiger partial charge in [0.1, 0.15) is 0 Å². The summed E-state index contributed by atoms with van der Waals surface area (Å²) in [5.41, 5.74) is 3.86. The lowest BCUT2D eigenvalue weighted by atomic mass is 10.0. The molecule has 0 nitrogen and oxygen atoms in total. The van der Waals surface area contributed by atoms with Crippen LogP contribution in [0.3, 0.4) is 0 Å². The second-order valence-electron chi connectivity index (χ2n) is 3.52. The third-order valence-corrected chi connectivity index (χ3v) is 2.66. The smallest absolute Gasteiger partial charge is 0.0184 e. The van der Waals surface area contributed by atoms with Gasteiger partial charge in [0.25, 0.3) is 0 Å². The van der Waals surface area contributed by atoms with Gasteiger partial charge in [0, 0.05) is 0 Å². The Bertz CT molecular complexity index is 403. The highest BCUT2D eigenvalue weighted by Crippen LogP contribution is 2.19. The van der Waals surface area contributed by atoms with Gasteiger partial charge in [-0.3, -0.25) is 0 Å². The van der Waals surface area contributed by atoms with Crippen LogP contribution in [0.5, 0.6) is 0 Å². The monoisotopic (exact) mass is 213 g/mol. The summed E-state index contributed by atoms with van der Waals surface area (Å²) in [5.74, 6) is 0.796. The normalized spacial score (nSPS) is 10.2. The number of hydrogen-bond acceptors (Lipinski definition) is 1. The standard InChI is InChI=1S/C14H14S/c15-11-10-12-6-8-14(9-7-12)13-4-2-1-3-5-13/h1-9,15H,10-11H2/p-1. The Labute approximate surface area is 96.4 Å². The number of benzene rings is 2. The van der Waals surface area contributed by atoms with Crippen molar-refractivity contribution < 1.29 is 0 Å². The van der Waals surface area contributed by atoms with E-state index >= 15 is 0 Å². The molecule has 1 heteroatoms. The highest BCUT2D eigenvalue weighted by molar-refractivity contribution is 7.58. The molecule has 0 heterocycles.